The van der Waals surface area contributed by atoms with Crippen LogP contribution in [-0.4, -0.2) is 54.2 Å². The minimum Gasteiger partial charge on any atom is -0.448 e. The number of anilines is 2. The van der Waals surface area contributed by atoms with Crippen molar-refractivity contribution in [1.29, 1.82) is 0 Å². The third-order valence-corrected chi connectivity index (χ3v) is 6.63. The highest BCUT2D eigenvalue weighted by Crippen LogP contribution is 2.47. The van der Waals surface area contributed by atoms with Crippen molar-refractivity contribution in [3.05, 3.63) is 51.5 Å². The third kappa shape index (κ3) is 4.56. The number of rotatable bonds is 5. The molecule has 1 N–H and O–H groups in total. The second kappa shape index (κ2) is 8.72. The molecule has 2 fully saturated rings. The lowest BCUT2D eigenvalue weighted by atomic mass is 10.2. The zero-order valence-electron chi connectivity index (χ0n) is 18.1. The molecule has 33 heavy (non-hydrogen) atoms. The predicted octanol–water partition coefficient (Wildman–Crippen LogP) is 4.05. The van der Waals surface area contributed by atoms with Gasteiger partial charge in [-0.15, -0.1) is 0 Å². The smallest absolute Gasteiger partial charge is 0.294 e. The number of halogens is 1. The topological polar surface area (TPSA) is 97.2 Å². The molecule has 174 valence electrons. The lowest BCUT2D eigenvalue weighted by Gasteiger charge is -2.35. The number of carbonyl (C=O) groups excluding carboxylic acids is 1. The number of benzene rings is 2. The minimum atomic E-state index is -0.524. The molecular weight excluding hydrogens is 448 g/mol. The molecule has 1 amide bonds. The van der Waals surface area contributed by atoms with E-state index in [1.165, 1.54) is 6.07 Å². The van der Waals surface area contributed by atoms with Gasteiger partial charge in [0.2, 0.25) is 5.91 Å². The van der Waals surface area contributed by atoms with E-state index >= 15 is 0 Å². The molecule has 2 aliphatic heterocycles. The van der Waals surface area contributed by atoms with Gasteiger partial charge in [-0.1, -0.05) is 11.6 Å². The lowest BCUT2D eigenvalue weighted by molar-refractivity contribution is -0.384. The molecule has 9 nitrogen and oxygen atoms in total. The Morgan fingerprint density at radius 1 is 1.06 bits per heavy atom. The van der Waals surface area contributed by atoms with Crippen molar-refractivity contribution in [2.75, 3.05) is 42.9 Å². The number of ether oxygens (including phenoxy) is 2. The number of fused-ring (bicyclic) bond motifs is 1. The van der Waals surface area contributed by atoms with Gasteiger partial charge in [-0.05, 0) is 37.1 Å². The first-order chi connectivity index (χ1) is 15.9. The van der Waals surface area contributed by atoms with Crippen molar-refractivity contribution in [3.63, 3.8) is 0 Å². The molecule has 1 spiro atoms. The van der Waals surface area contributed by atoms with E-state index in [0.717, 1.165) is 31.4 Å². The average molecular weight is 473 g/mol. The Morgan fingerprint density at radius 3 is 2.52 bits per heavy atom. The van der Waals surface area contributed by atoms with Crippen LogP contribution in [0.2, 0.25) is 5.02 Å². The van der Waals surface area contributed by atoms with E-state index in [-0.39, 0.29) is 18.1 Å². The van der Waals surface area contributed by atoms with Crippen LogP contribution >= 0.6 is 11.6 Å². The van der Waals surface area contributed by atoms with E-state index in [4.69, 9.17) is 21.1 Å². The monoisotopic (exact) mass is 472 g/mol. The molecular formula is C23H25ClN4O5. The zero-order chi connectivity index (χ0) is 23.0. The van der Waals surface area contributed by atoms with Gasteiger partial charge in [0.1, 0.15) is 5.69 Å². The fourth-order valence-electron chi connectivity index (χ4n) is 4.75. The van der Waals surface area contributed by atoms with E-state index < -0.39 is 10.7 Å². The molecule has 5 rings (SSSR count). The van der Waals surface area contributed by atoms with Gasteiger partial charge in [0.15, 0.2) is 11.5 Å². The Morgan fingerprint density at radius 2 is 1.79 bits per heavy atom. The number of nitrogens with zero attached hydrogens (tertiary/aromatic N) is 3. The summed E-state index contributed by atoms with van der Waals surface area (Å²) in [5.74, 6) is 0.759. The summed E-state index contributed by atoms with van der Waals surface area (Å²) in [5.41, 5.74) is 1.22. The van der Waals surface area contributed by atoms with E-state index in [0.29, 0.717) is 48.3 Å². The number of hydrogen-bond acceptors (Lipinski definition) is 7. The Bertz CT molecular complexity index is 1080. The molecule has 0 radical (unpaired) electrons. The largest absolute Gasteiger partial charge is 0.448 e. The minimum absolute atomic E-state index is 0.00381. The van der Waals surface area contributed by atoms with Crippen LogP contribution in [0.5, 0.6) is 11.5 Å². The molecule has 1 saturated carbocycles. The van der Waals surface area contributed by atoms with E-state index in [1.807, 2.05) is 28.0 Å². The molecule has 1 saturated heterocycles. The first-order valence-electron chi connectivity index (χ1n) is 11.1. The number of nitro benzene ring substituents is 1. The van der Waals surface area contributed by atoms with E-state index in [2.05, 4.69) is 5.32 Å². The number of nitro groups is 1. The van der Waals surface area contributed by atoms with Crippen molar-refractivity contribution in [3.8, 4) is 11.5 Å². The van der Waals surface area contributed by atoms with Crippen LogP contribution in [0.15, 0.2) is 36.4 Å². The van der Waals surface area contributed by atoms with Crippen LogP contribution in [0.4, 0.5) is 17.1 Å². The normalized spacial score (nSPS) is 19.1. The maximum absolute atomic E-state index is 12.6. The van der Waals surface area contributed by atoms with Crippen LogP contribution in [0.25, 0.3) is 0 Å². The number of hydrogen-bond donors (Lipinski definition) is 1. The van der Waals surface area contributed by atoms with Gasteiger partial charge >= 0.3 is 0 Å². The highest BCUT2D eigenvalue weighted by atomic mass is 35.5. The summed E-state index contributed by atoms with van der Waals surface area (Å²) in [7, 11) is 0. The van der Waals surface area contributed by atoms with Crippen molar-refractivity contribution in [1.82, 2.24) is 4.90 Å². The van der Waals surface area contributed by atoms with E-state index in [1.54, 1.807) is 12.1 Å². The van der Waals surface area contributed by atoms with Gasteiger partial charge in [0.05, 0.1) is 11.5 Å². The summed E-state index contributed by atoms with van der Waals surface area (Å²) in [6, 6.07) is 10.2. The quantitative estimate of drug-likeness (QED) is 0.517. The van der Waals surface area contributed by atoms with E-state index in [9.17, 15) is 14.9 Å². The fourth-order valence-corrected chi connectivity index (χ4v) is 4.92. The van der Waals surface area contributed by atoms with Gasteiger partial charge in [-0.2, -0.15) is 0 Å². The Hall–Kier alpha value is -3.04. The molecule has 0 bridgehead atoms. The van der Waals surface area contributed by atoms with Crippen molar-refractivity contribution in [2.45, 2.75) is 31.5 Å². The molecule has 10 heteroatoms. The maximum atomic E-state index is 12.6. The van der Waals surface area contributed by atoms with Gasteiger partial charge in [-0.3, -0.25) is 19.8 Å². The first-order valence-corrected chi connectivity index (χ1v) is 11.5. The number of nitrogens with one attached hydrogen (secondary N) is 1. The third-order valence-electron chi connectivity index (χ3n) is 6.40. The molecule has 1 aliphatic carbocycles. The van der Waals surface area contributed by atoms with Crippen LogP contribution in [0.1, 0.15) is 25.7 Å². The lowest BCUT2D eigenvalue weighted by Crippen LogP contribution is -2.48. The van der Waals surface area contributed by atoms with Crippen LogP contribution in [0, 0.1) is 10.1 Å². The average Bonchev–Trinajstić information content (AvgIpc) is 3.39. The second-order valence-electron chi connectivity index (χ2n) is 8.68. The van der Waals surface area contributed by atoms with Crippen LogP contribution in [-0.2, 0) is 4.79 Å². The zero-order valence-corrected chi connectivity index (χ0v) is 18.8. The number of carbonyl (C=O) groups is 1. The summed E-state index contributed by atoms with van der Waals surface area (Å²) >= 11 is 5.92. The number of piperazine rings is 1. The van der Waals surface area contributed by atoms with Gasteiger partial charge in [0.25, 0.3) is 11.5 Å². The van der Waals surface area contributed by atoms with Crippen LogP contribution < -0.4 is 19.7 Å². The SMILES string of the molecule is O=C(CN1CCN(c2ccc(Cl)cc2[N+](=O)[O-])CC1)Nc1ccc2c(c1)OC1(CCCC1)O2. The summed E-state index contributed by atoms with van der Waals surface area (Å²) < 4.78 is 12.1. The molecule has 2 aromatic rings. The molecule has 0 unspecified atom stereocenters. The summed E-state index contributed by atoms with van der Waals surface area (Å²) in [4.78, 5) is 27.6. The second-order valence-corrected chi connectivity index (χ2v) is 9.12. The Balaban J connectivity index is 1.15. The highest BCUT2D eigenvalue weighted by Gasteiger charge is 2.44. The maximum Gasteiger partial charge on any atom is 0.294 e. The Labute approximate surface area is 196 Å². The standard InChI is InChI=1S/C23H25ClN4O5/c24-16-3-5-18(19(13-16)28(30)31)27-11-9-26(10-12-27)15-22(29)25-17-4-6-20-21(14-17)33-23(32-20)7-1-2-8-23/h3-6,13-14H,1-2,7-12,15H2,(H,25,29). The fraction of sp³-hybridized carbons (Fsp3) is 0.435. The predicted molar refractivity (Wildman–Crippen MR) is 124 cm³/mol. The molecule has 2 aromatic carbocycles. The Kier molecular flexibility index (Phi) is 5.76. The first kappa shape index (κ1) is 21.8. The van der Waals surface area contributed by atoms with Crippen molar-refractivity contribution < 1.29 is 19.2 Å². The van der Waals surface area contributed by atoms with Crippen LogP contribution in [0.3, 0.4) is 0 Å². The van der Waals surface area contributed by atoms with Gasteiger partial charge in [-0.25, -0.2) is 0 Å². The highest BCUT2D eigenvalue weighted by molar-refractivity contribution is 6.30. The summed E-state index contributed by atoms with van der Waals surface area (Å²) in [6.45, 7) is 2.66. The van der Waals surface area contributed by atoms with Crippen molar-refractivity contribution >= 4 is 34.6 Å². The molecule has 2 heterocycles. The summed E-state index contributed by atoms with van der Waals surface area (Å²) in [5, 5.41) is 14.7. The molecule has 0 atom stereocenters. The molecule has 3 aliphatic rings. The summed E-state index contributed by atoms with van der Waals surface area (Å²) in [6.07, 6.45) is 3.95. The molecule has 0 aromatic heterocycles. The van der Waals surface area contributed by atoms with Gasteiger partial charge < -0.3 is 19.7 Å². The number of amides is 1. The van der Waals surface area contributed by atoms with Gasteiger partial charge in [0, 0.05) is 61.9 Å². The van der Waals surface area contributed by atoms with Crippen molar-refractivity contribution in [2.24, 2.45) is 0 Å².